The maximum absolute atomic E-state index is 14.8. The molecule has 9 heteroatoms. The van der Waals surface area contributed by atoms with Crippen molar-refractivity contribution in [3.05, 3.63) is 60.1 Å². The van der Waals surface area contributed by atoms with Crippen molar-refractivity contribution in [2.45, 2.75) is 19.8 Å². The lowest BCUT2D eigenvalue weighted by Gasteiger charge is -2.34. The number of aromatic nitrogens is 3. The highest BCUT2D eigenvalue weighted by atomic mass is 19.1. The zero-order chi connectivity index (χ0) is 22.7. The Hall–Kier alpha value is -3.75. The summed E-state index contributed by atoms with van der Waals surface area (Å²) >= 11 is 0. The molecule has 32 heavy (non-hydrogen) atoms. The van der Waals surface area contributed by atoms with Crippen LogP contribution in [0.15, 0.2) is 42.7 Å². The quantitative estimate of drug-likeness (QED) is 0.570. The fraction of sp³-hybridized carbons (Fsp3) is 0.304. The molecule has 0 aliphatic carbocycles. The minimum absolute atomic E-state index is 0.00437. The van der Waals surface area contributed by atoms with Gasteiger partial charge in [0.1, 0.15) is 5.82 Å². The number of benzene rings is 1. The molecule has 3 N–H and O–H groups in total. The van der Waals surface area contributed by atoms with Crippen LogP contribution in [0.4, 0.5) is 15.8 Å². The summed E-state index contributed by atoms with van der Waals surface area (Å²) in [4.78, 5) is 38.0. The number of piperidine rings is 1. The van der Waals surface area contributed by atoms with Crippen LogP contribution in [-0.4, -0.2) is 46.9 Å². The van der Waals surface area contributed by atoms with Crippen LogP contribution in [-0.2, 0) is 4.79 Å². The Morgan fingerprint density at radius 2 is 1.97 bits per heavy atom. The van der Waals surface area contributed by atoms with Crippen molar-refractivity contribution in [2.24, 2.45) is 5.92 Å². The molecule has 8 nitrogen and oxygen atoms in total. The van der Waals surface area contributed by atoms with Crippen LogP contribution in [0.2, 0.25) is 0 Å². The fourth-order valence-corrected chi connectivity index (χ4v) is 3.98. The fourth-order valence-electron chi connectivity index (χ4n) is 3.98. The summed E-state index contributed by atoms with van der Waals surface area (Å²) in [5.74, 6) is -0.838. The Labute approximate surface area is 185 Å². The number of halogens is 1. The minimum atomic E-state index is -0.464. The summed E-state index contributed by atoms with van der Waals surface area (Å²) in [5.41, 5.74) is 3.11. The number of para-hydroxylation sites is 1. The van der Waals surface area contributed by atoms with Crippen molar-refractivity contribution in [1.82, 2.24) is 20.3 Å². The Kier molecular flexibility index (Phi) is 6.16. The van der Waals surface area contributed by atoms with Gasteiger partial charge >= 0.3 is 0 Å². The van der Waals surface area contributed by atoms with Gasteiger partial charge in [-0.25, -0.2) is 9.37 Å². The number of nitrogens with one attached hydrogen (secondary N) is 3. The van der Waals surface area contributed by atoms with Gasteiger partial charge in [-0.2, -0.15) is 0 Å². The standard InChI is InChI=1S/C23H25FN6O2/c1-14-12-16(6-9-26-14)19-13-27-21(28-19)23(32)29-18-5-3-4-17(24)20(18)30-10-7-15(8-11-30)22(31)25-2/h3-6,9,12-13,15H,7-8,10-11H2,1-2H3,(H,25,31)(H,27,28)(H,29,32). The van der Waals surface area contributed by atoms with Crippen LogP contribution in [0.3, 0.4) is 0 Å². The van der Waals surface area contributed by atoms with Gasteiger partial charge in [-0.3, -0.25) is 14.6 Å². The molecule has 2 aromatic heterocycles. The molecule has 0 unspecified atom stereocenters. The molecule has 0 atom stereocenters. The molecule has 1 aliphatic heterocycles. The van der Waals surface area contributed by atoms with Gasteiger partial charge in [0.15, 0.2) is 5.82 Å². The van der Waals surface area contributed by atoms with Crippen molar-refractivity contribution in [1.29, 1.82) is 0 Å². The van der Waals surface area contributed by atoms with Gasteiger partial charge in [0, 0.05) is 43.5 Å². The lowest BCUT2D eigenvalue weighted by Crippen LogP contribution is -2.40. The maximum atomic E-state index is 14.8. The molecule has 3 heterocycles. The lowest BCUT2D eigenvalue weighted by atomic mass is 9.95. The average Bonchev–Trinajstić information content (AvgIpc) is 3.30. The molecule has 0 spiro atoms. The average molecular weight is 436 g/mol. The van der Waals surface area contributed by atoms with Gasteiger partial charge in [0.25, 0.3) is 5.91 Å². The van der Waals surface area contributed by atoms with Gasteiger partial charge < -0.3 is 20.5 Å². The first-order chi connectivity index (χ1) is 15.5. The number of pyridine rings is 1. The summed E-state index contributed by atoms with van der Waals surface area (Å²) < 4.78 is 14.8. The number of carbonyl (C=O) groups is 2. The van der Waals surface area contributed by atoms with E-state index < -0.39 is 11.7 Å². The molecule has 166 valence electrons. The van der Waals surface area contributed by atoms with E-state index in [-0.39, 0.29) is 17.6 Å². The van der Waals surface area contributed by atoms with Gasteiger partial charge in [0.2, 0.25) is 5.91 Å². The van der Waals surface area contributed by atoms with Crippen LogP contribution < -0.4 is 15.5 Å². The summed E-state index contributed by atoms with van der Waals surface area (Å²) in [6, 6.07) is 8.31. The van der Waals surface area contributed by atoms with Crippen molar-refractivity contribution >= 4 is 23.2 Å². The zero-order valence-corrected chi connectivity index (χ0v) is 18.0. The first-order valence-electron chi connectivity index (χ1n) is 10.5. The number of carbonyl (C=O) groups excluding carboxylic acids is 2. The third kappa shape index (κ3) is 4.46. The maximum Gasteiger partial charge on any atom is 0.291 e. The number of H-pyrrole nitrogens is 1. The first-order valence-corrected chi connectivity index (χ1v) is 10.5. The third-order valence-corrected chi connectivity index (χ3v) is 5.66. The second-order valence-electron chi connectivity index (χ2n) is 7.80. The topological polar surface area (TPSA) is 103 Å². The van der Waals surface area contributed by atoms with Crippen LogP contribution in [0.25, 0.3) is 11.3 Å². The SMILES string of the molecule is CNC(=O)C1CCN(c2c(F)cccc2NC(=O)c2ncc(-c3ccnc(C)c3)[nH]2)CC1. The second-order valence-corrected chi connectivity index (χ2v) is 7.80. The van der Waals surface area contributed by atoms with E-state index in [4.69, 9.17) is 0 Å². The van der Waals surface area contributed by atoms with Crippen LogP contribution in [0.5, 0.6) is 0 Å². The summed E-state index contributed by atoms with van der Waals surface area (Å²) in [7, 11) is 1.62. The molecule has 0 radical (unpaired) electrons. The van der Waals surface area contributed by atoms with E-state index in [0.29, 0.717) is 43.0 Å². The number of imidazole rings is 1. The van der Waals surface area contributed by atoms with E-state index in [0.717, 1.165) is 11.3 Å². The first kappa shape index (κ1) is 21.5. The smallest absolute Gasteiger partial charge is 0.291 e. The molecular formula is C23H25FN6O2. The van der Waals surface area contributed by atoms with E-state index in [2.05, 4.69) is 25.6 Å². The van der Waals surface area contributed by atoms with Gasteiger partial charge in [0.05, 0.1) is 23.3 Å². The Morgan fingerprint density at radius 1 is 1.19 bits per heavy atom. The highest BCUT2D eigenvalue weighted by Crippen LogP contribution is 2.33. The molecule has 3 aromatic rings. The lowest BCUT2D eigenvalue weighted by molar-refractivity contribution is -0.125. The highest BCUT2D eigenvalue weighted by molar-refractivity contribution is 6.04. The Balaban J connectivity index is 1.51. The normalized spacial score (nSPS) is 14.3. The number of nitrogens with zero attached hydrogens (tertiary/aromatic N) is 3. The third-order valence-electron chi connectivity index (χ3n) is 5.66. The van der Waals surface area contributed by atoms with Gasteiger partial charge in [-0.1, -0.05) is 6.07 Å². The number of rotatable bonds is 5. The molecule has 0 bridgehead atoms. The second kappa shape index (κ2) is 9.17. The minimum Gasteiger partial charge on any atom is -0.367 e. The molecule has 1 aromatic carbocycles. The van der Waals surface area contributed by atoms with Crippen molar-refractivity contribution < 1.29 is 14.0 Å². The molecule has 2 amide bonds. The number of hydrogen-bond acceptors (Lipinski definition) is 5. The van der Waals surface area contributed by atoms with E-state index in [1.54, 1.807) is 31.6 Å². The summed E-state index contributed by atoms with van der Waals surface area (Å²) in [6.07, 6.45) is 4.51. The van der Waals surface area contributed by atoms with E-state index in [1.807, 2.05) is 24.0 Å². The van der Waals surface area contributed by atoms with Crippen molar-refractivity contribution in [3.63, 3.8) is 0 Å². The Bertz CT molecular complexity index is 1140. The predicted octanol–water partition coefficient (Wildman–Crippen LogP) is 3.13. The summed E-state index contributed by atoms with van der Waals surface area (Å²) in [5, 5.41) is 5.45. The number of hydrogen-bond donors (Lipinski definition) is 3. The monoisotopic (exact) mass is 436 g/mol. The molecular weight excluding hydrogens is 411 g/mol. The summed E-state index contributed by atoms with van der Waals surface area (Å²) in [6.45, 7) is 2.93. The van der Waals surface area contributed by atoms with Gasteiger partial charge in [-0.15, -0.1) is 0 Å². The molecule has 0 saturated carbocycles. The molecule has 1 fully saturated rings. The van der Waals surface area contributed by atoms with Crippen LogP contribution in [0.1, 0.15) is 29.2 Å². The largest absolute Gasteiger partial charge is 0.367 e. The van der Waals surface area contributed by atoms with Gasteiger partial charge in [-0.05, 0) is 44.0 Å². The highest BCUT2D eigenvalue weighted by Gasteiger charge is 2.27. The Morgan fingerprint density at radius 3 is 2.69 bits per heavy atom. The molecule has 1 aliphatic rings. The predicted molar refractivity (Wildman–Crippen MR) is 120 cm³/mol. The number of aryl methyl sites for hydroxylation is 1. The van der Waals surface area contributed by atoms with E-state index in [1.165, 1.54) is 6.07 Å². The van der Waals surface area contributed by atoms with Crippen LogP contribution in [0, 0.1) is 18.7 Å². The molecule has 4 rings (SSSR count). The van der Waals surface area contributed by atoms with Crippen molar-refractivity contribution in [2.75, 3.05) is 30.4 Å². The van der Waals surface area contributed by atoms with E-state index >= 15 is 0 Å². The number of aromatic amines is 1. The van der Waals surface area contributed by atoms with Crippen LogP contribution >= 0.6 is 0 Å². The number of anilines is 2. The van der Waals surface area contributed by atoms with Crippen molar-refractivity contribution in [3.8, 4) is 11.3 Å². The zero-order valence-electron chi connectivity index (χ0n) is 18.0. The molecule has 1 saturated heterocycles. The van der Waals surface area contributed by atoms with E-state index in [9.17, 15) is 14.0 Å². The number of amides is 2.